The zero-order valence-electron chi connectivity index (χ0n) is 10.8. The molecular formula is C15H20N2. The number of rotatable bonds is 0. The summed E-state index contributed by atoms with van der Waals surface area (Å²) in [5, 5.41) is 1.66. The summed E-state index contributed by atoms with van der Waals surface area (Å²) in [6.45, 7) is 14.4. The Bertz CT molecular complexity index is 552. The quantitative estimate of drug-likeness (QED) is 0.736. The molecule has 1 rings (SSSR count). The third-order valence-electron chi connectivity index (χ3n) is 2.53. The van der Waals surface area contributed by atoms with Crippen molar-refractivity contribution < 1.29 is 0 Å². The van der Waals surface area contributed by atoms with Crippen LogP contribution in [-0.4, -0.2) is 4.98 Å². The van der Waals surface area contributed by atoms with Crippen molar-refractivity contribution in [3.63, 3.8) is 0 Å². The van der Waals surface area contributed by atoms with Gasteiger partial charge in [0.2, 0.25) is 0 Å². The lowest BCUT2D eigenvalue weighted by Gasteiger charge is -2.18. The van der Waals surface area contributed by atoms with Gasteiger partial charge in [0.25, 0.3) is 0 Å². The maximum Gasteiger partial charge on any atom is 0.130 e. The molecule has 17 heavy (non-hydrogen) atoms. The fourth-order valence-electron chi connectivity index (χ4n) is 1.56. The zero-order chi connectivity index (χ0) is 13.1. The third-order valence-corrected chi connectivity index (χ3v) is 2.53. The van der Waals surface area contributed by atoms with Crippen molar-refractivity contribution in [2.24, 2.45) is 0 Å². The van der Waals surface area contributed by atoms with E-state index < -0.39 is 0 Å². The second kappa shape index (κ2) is 5.00. The smallest absolute Gasteiger partial charge is 0.130 e. The van der Waals surface area contributed by atoms with Crippen molar-refractivity contribution in [3.8, 4) is 0 Å². The fourth-order valence-corrected chi connectivity index (χ4v) is 1.56. The van der Waals surface area contributed by atoms with Crippen LogP contribution in [-0.2, 0) is 5.41 Å². The lowest BCUT2D eigenvalue weighted by atomic mass is 9.87. The van der Waals surface area contributed by atoms with Gasteiger partial charge in [0, 0.05) is 11.4 Å². The maximum absolute atomic E-state index is 5.73. The van der Waals surface area contributed by atoms with Gasteiger partial charge in [-0.1, -0.05) is 52.1 Å². The molecule has 0 saturated heterocycles. The Kier molecular flexibility index (Phi) is 3.89. The molecule has 0 aromatic carbocycles. The number of hydrogen-bond acceptors (Lipinski definition) is 2. The van der Waals surface area contributed by atoms with E-state index in [1.807, 2.05) is 18.2 Å². The fraction of sp³-hybridized carbons (Fsp3) is 0.267. The first-order chi connectivity index (χ1) is 7.82. The summed E-state index contributed by atoms with van der Waals surface area (Å²) in [7, 11) is 0. The number of aromatic nitrogens is 1. The van der Waals surface area contributed by atoms with Crippen LogP contribution in [0.25, 0.3) is 13.2 Å². The average molecular weight is 228 g/mol. The van der Waals surface area contributed by atoms with Gasteiger partial charge >= 0.3 is 0 Å². The topological polar surface area (TPSA) is 38.9 Å². The van der Waals surface area contributed by atoms with E-state index in [9.17, 15) is 0 Å². The summed E-state index contributed by atoms with van der Waals surface area (Å²) in [6, 6.07) is 7.72. The third kappa shape index (κ3) is 3.59. The molecule has 1 aromatic heterocycles. The number of nitrogens with zero attached hydrogens (tertiary/aromatic N) is 1. The van der Waals surface area contributed by atoms with Crippen LogP contribution in [0.3, 0.4) is 0 Å². The van der Waals surface area contributed by atoms with Gasteiger partial charge in [0.05, 0.1) is 0 Å². The number of anilines is 1. The molecule has 2 heteroatoms. The molecule has 0 atom stereocenters. The highest BCUT2D eigenvalue weighted by Gasteiger charge is 2.12. The largest absolute Gasteiger partial charge is 0.383 e. The maximum atomic E-state index is 5.73. The SMILES string of the molecule is C=c1ccnc(N)c(=C)cccc1C(C)(C)C. The predicted molar refractivity (Wildman–Crippen MR) is 75.3 cm³/mol. The monoisotopic (exact) mass is 228 g/mol. The van der Waals surface area contributed by atoms with Crippen LogP contribution in [0, 0.1) is 0 Å². The minimum absolute atomic E-state index is 0.0432. The van der Waals surface area contributed by atoms with E-state index >= 15 is 0 Å². The highest BCUT2D eigenvalue weighted by Crippen LogP contribution is 2.16. The van der Waals surface area contributed by atoms with E-state index in [-0.39, 0.29) is 5.41 Å². The van der Waals surface area contributed by atoms with Crippen LogP contribution in [0.2, 0.25) is 0 Å². The van der Waals surface area contributed by atoms with E-state index in [1.165, 1.54) is 5.56 Å². The van der Waals surface area contributed by atoms with Crippen LogP contribution >= 0.6 is 0 Å². The van der Waals surface area contributed by atoms with Crippen molar-refractivity contribution >= 4 is 19.0 Å². The van der Waals surface area contributed by atoms with Crippen molar-refractivity contribution in [1.82, 2.24) is 4.98 Å². The van der Waals surface area contributed by atoms with Crippen molar-refractivity contribution in [2.45, 2.75) is 26.2 Å². The molecule has 0 aliphatic rings. The van der Waals surface area contributed by atoms with Crippen LogP contribution in [0.15, 0.2) is 30.5 Å². The first-order valence-corrected chi connectivity index (χ1v) is 5.59. The van der Waals surface area contributed by atoms with Crippen LogP contribution in [0.1, 0.15) is 26.3 Å². The second-order valence-corrected chi connectivity index (χ2v) is 5.07. The number of nitrogens with two attached hydrogens (primary N) is 1. The van der Waals surface area contributed by atoms with E-state index in [2.05, 4.69) is 45.0 Å². The summed E-state index contributed by atoms with van der Waals surface area (Å²) in [5.41, 5.74) is 6.95. The zero-order valence-corrected chi connectivity index (χ0v) is 10.8. The Morgan fingerprint density at radius 3 is 2.29 bits per heavy atom. The Labute approximate surface area is 103 Å². The number of hydrogen-bond donors (Lipinski definition) is 1. The van der Waals surface area contributed by atoms with Crippen molar-refractivity contribution in [3.05, 3.63) is 46.5 Å². The predicted octanol–water partition coefficient (Wildman–Crippen LogP) is 1.91. The lowest BCUT2D eigenvalue weighted by Crippen LogP contribution is -2.20. The molecule has 0 spiro atoms. The van der Waals surface area contributed by atoms with Gasteiger partial charge in [0.15, 0.2) is 0 Å². The normalized spacial score (nSPS) is 10.8. The van der Waals surface area contributed by atoms with Gasteiger partial charge in [-0.3, -0.25) is 0 Å². The Morgan fingerprint density at radius 2 is 1.71 bits per heavy atom. The first kappa shape index (κ1) is 13.2. The standard InChI is InChI=1S/C15H20N2/c1-11-9-10-17-14(16)12(2)7-6-8-13(11)15(3,4)5/h6-10H,1-2H2,3-5H3,(H2,16,17). The first-order valence-electron chi connectivity index (χ1n) is 5.59. The van der Waals surface area contributed by atoms with Crippen LogP contribution in [0.4, 0.5) is 5.82 Å². The lowest BCUT2D eigenvalue weighted by molar-refractivity contribution is 0.587. The van der Waals surface area contributed by atoms with Crippen LogP contribution in [0.5, 0.6) is 0 Å². The second-order valence-electron chi connectivity index (χ2n) is 5.07. The van der Waals surface area contributed by atoms with Crippen molar-refractivity contribution in [2.75, 3.05) is 5.73 Å². The average Bonchev–Trinajstić information content (AvgIpc) is 2.20. The highest BCUT2D eigenvalue weighted by atomic mass is 14.8. The van der Waals surface area contributed by atoms with E-state index in [1.54, 1.807) is 6.20 Å². The molecule has 2 N–H and O–H groups in total. The molecule has 0 amide bonds. The van der Waals surface area contributed by atoms with E-state index in [0.29, 0.717) is 11.0 Å². The molecule has 0 bridgehead atoms. The Balaban J connectivity index is 3.64. The minimum Gasteiger partial charge on any atom is -0.383 e. The summed E-state index contributed by atoms with van der Waals surface area (Å²) < 4.78 is 0. The van der Waals surface area contributed by atoms with Gasteiger partial charge in [-0.15, -0.1) is 0 Å². The molecular weight excluding hydrogens is 208 g/mol. The molecule has 1 heterocycles. The van der Waals surface area contributed by atoms with E-state index in [4.69, 9.17) is 5.73 Å². The van der Waals surface area contributed by atoms with Gasteiger partial charge in [0.1, 0.15) is 5.82 Å². The molecule has 2 nitrogen and oxygen atoms in total. The molecule has 1 aromatic rings. The molecule has 0 aliphatic heterocycles. The van der Waals surface area contributed by atoms with Crippen LogP contribution < -0.4 is 16.2 Å². The highest BCUT2D eigenvalue weighted by molar-refractivity contribution is 5.31. The molecule has 0 aliphatic carbocycles. The van der Waals surface area contributed by atoms with Gasteiger partial charge in [-0.2, -0.15) is 0 Å². The number of nitrogen functional groups attached to an aromatic ring is 1. The van der Waals surface area contributed by atoms with E-state index in [0.717, 1.165) is 5.22 Å². The van der Waals surface area contributed by atoms with Gasteiger partial charge in [-0.25, -0.2) is 4.98 Å². The summed E-state index contributed by atoms with van der Waals surface area (Å²) in [5.74, 6) is 0.429. The molecule has 0 fully saturated rings. The minimum atomic E-state index is 0.0432. The molecule has 0 radical (unpaired) electrons. The molecule has 90 valence electrons. The Hall–Kier alpha value is -1.83. The molecule has 0 unspecified atom stereocenters. The Morgan fingerprint density at radius 1 is 1.06 bits per heavy atom. The molecule has 0 saturated carbocycles. The van der Waals surface area contributed by atoms with Gasteiger partial charge < -0.3 is 5.73 Å². The summed E-state index contributed by atoms with van der Waals surface area (Å²) >= 11 is 0. The summed E-state index contributed by atoms with van der Waals surface area (Å²) in [4.78, 5) is 4.11. The van der Waals surface area contributed by atoms with Crippen molar-refractivity contribution in [1.29, 1.82) is 0 Å². The summed E-state index contributed by atoms with van der Waals surface area (Å²) in [6.07, 6.45) is 1.67. The van der Waals surface area contributed by atoms with Gasteiger partial charge in [-0.05, 0) is 22.3 Å².